The molecule has 0 bridgehead atoms. The summed E-state index contributed by atoms with van der Waals surface area (Å²) >= 11 is 0. The first-order valence-corrected chi connectivity index (χ1v) is 2.19. The Bertz CT molecular complexity index is 42.0. The van der Waals surface area contributed by atoms with Gasteiger partial charge in [-0.2, -0.15) is 5.26 Å². The lowest BCUT2D eigenvalue weighted by molar-refractivity contribution is 0.318. The summed E-state index contributed by atoms with van der Waals surface area (Å²) < 4.78 is 0. The van der Waals surface area contributed by atoms with Crippen LogP contribution in [0.25, 0.3) is 0 Å². The second-order valence-electron chi connectivity index (χ2n) is 0.540. The molecule has 0 aliphatic heterocycles. The molecule has 0 rings (SSSR count). The molecule has 0 aliphatic carbocycles. The Morgan fingerprint density at radius 2 is 1.44 bits per heavy atom. The Kier molecular flexibility index (Phi) is 421. The quantitative estimate of drug-likeness (QED) is 0.462. The predicted molar refractivity (Wildman–Crippen MR) is 35.8 cm³/mol. The monoisotopic (exact) mass is 137 g/mol. The van der Waals surface area contributed by atoms with Gasteiger partial charge in [0, 0.05) is 20.6 Å². The van der Waals surface area contributed by atoms with Crippen LogP contribution in [0.2, 0.25) is 0 Å². The fraction of sp³-hybridized carbons (Fsp3) is 0.800. The zero-order valence-corrected chi connectivity index (χ0v) is 6.05. The Balaban J connectivity index is -0.0000000202. The van der Waals surface area contributed by atoms with Crippen LogP contribution in [0.5, 0.6) is 0 Å². The highest BCUT2D eigenvalue weighted by Gasteiger charge is 1.34. The summed E-state index contributed by atoms with van der Waals surface area (Å²) in [4.78, 5) is 0. The molecule has 0 atom stereocenters. The third-order valence-corrected chi connectivity index (χ3v) is 0. The van der Waals surface area contributed by atoms with E-state index in [4.69, 9.17) is 15.5 Å². The largest absolute Gasteiger partial charge is 0.412 e. The Morgan fingerprint density at radius 3 is 1.44 bits per heavy atom. The first kappa shape index (κ1) is 23.8. The maximum absolute atomic E-state index is 7.57. The molecule has 4 nitrogen and oxygen atoms in total. The maximum atomic E-state index is 7.57. The van der Waals surface area contributed by atoms with Crippen molar-refractivity contribution in [1.29, 1.82) is 5.26 Å². The first-order chi connectivity index (χ1) is 3.83. The maximum Gasteiger partial charge on any atom is 0.0587 e. The summed E-state index contributed by atoms with van der Waals surface area (Å²) in [5.41, 5.74) is 0. The Morgan fingerprint density at radius 1 is 1.44 bits per heavy atom. The fourth-order valence-electron chi connectivity index (χ4n) is 0. The zero-order valence-electron chi connectivity index (χ0n) is 6.05. The van der Waals surface area contributed by atoms with Gasteiger partial charge >= 0.3 is 0 Å². The molecular weight excluding hydrogens is 122 g/mol. The van der Waals surface area contributed by atoms with Gasteiger partial charge < -0.3 is 15.7 Å². The zero-order chi connectivity index (χ0) is 7.41. The summed E-state index contributed by atoms with van der Waals surface area (Å²) in [7, 11) is 1.00. The van der Waals surface area contributed by atoms with E-state index in [1.54, 1.807) is 13.0 Å². The van der Waals surface area contributed by atoms with Crippen molar-refractivity contribution in [3.8, 4) is 6.07 Å². The molecule has 0 aromatic carbocycles. The molecule has 0 radical (unpaired) electrons. The lowest BCUT2D eigenvalue weighted by Crippen LogP contribution is -1.57. The number of nitriles is 1. The van der Waals surface area contributed by atoms with Gasteiger partial charge in [-0.05, 0) is 6.92 Å². The SMILES string of the molecule is CC#N.CCO.CO.O. The molecule has 0 fully saturated rings. The number of aliphatic hydroxyl groups excluding tert-OH is 2. The minimum atomic E-state index is 0. The predicted octanol–water partition coefficient (Wildman–Crippen LogP) is -0.688. The van der Waals surface area contributed by atoms with Crippen molar-refractivity contribution in [2.45, 2.75) is 13.8 Å². The lowest BCUT2D eigenvalue weighted by Gasteiger charge is -1.52. The van der Waals surface area contributed by atoms with E-state index in [-0.39, 0.29) is 12.1 Å². The van der Waals surface area contributed by atoms with E-state index in [0.29, 0.717) is 0 Å². The molecule has 0 heterocycles. The van der Waals surface area contributed by atoms with Crippen molar-refractivity contribution in [1.82, 2.24) is 0 Å². The summed E-state index contributed by atoms with van der Waals surface area (Å²) in [6.45, 7) is 3.36. The standard InChI is InChI=1S/C2H3N.C2H6O.CH4O.H2O/c2*1-2-3;1-2;/h1H3;3H,2H2,1H3;2H,1H3;1H2. The molecule has 0 unspecified atom stereocenters. The second-order valence-corrected chi connectivity index (χ2v) is 0.540. The Hall–Kier alpha value is -0.630. The van der Waals surface area contributed by atoms with E-state index in [1.165, 1.54) is 6.92 Å². The molecule has 0 aliphatic rings. The van der Waals surface area contributed by atoms with Gasteiger partial charge in [0.25, 0.3) is 0 Å². The number of aliphatic hydroxyl groups is 2. The van der Waals surface area contributed by atoms with E-state index in [2.05, 4.69) is 0 Å². The van der Waals surface area contributed by atoms with Gasteiger partial charge in [-0.15, -0.1) is 0 Å². The highest BCUT2D eigenvalue weighted by Crippen LogP contribution is 1.30. The molecule has 0 aromatic rings. The molecule has 0 saturated carbocycles. The average molecular weight is 137 g/mol. The highest BCUT2D eigenvalue weighted by molar-refractivity contribution is 4.51. The van der Waals surface area contributed by atoms with Crippen molar-refractivity contribution >= 4 is 0 Å². The van der Waals surface area contributed by atoms with Gasteiger partial charge in [0.1, 0.15) is 0 Å². The summed E-state index contributed by atoms with van der Waals surface area (Å²) in [6, 6.07) is 1.75. The minimum absolute atomic E-state index is 0. The van der Waals surface area contributed by atoms with Crippen molar-refractivity contribution in [3.63, 3.8) is 0 Å². The van der Waals surface area contributed by atoms with Crippen molar-refractivity contribution in [3.05, 3.63) is 0 Å². The number of hydrogen-bond acceptors (Lipinski definition) is 3. The van der Waals surface area contributed by atoms with E-state index >= 15 is 0 Å². The summed E-state index contributed by atoms with van der Waals surface area (Å²) in [5, 5.41) is 21.9. The van der Waals surface area contributed by atoms with E-state index in [9.17, 15) is 0 Å². The van der Waals surface area contributed by atoms with Gasteiger partial charge in [-0.3, -0.25) is 0 Å². The molecule has 0 aromatic heterocycles. The van der Waals surface area contributed by atoms with Crippen LogP contribution in [0.1, 0.15) is 13.8 Å². The Labute approximate surface area is 55.7 Å². The van der Waals surface area contributed by atoms with Gasteiger partial charge in [0.15, 0.2) is 0 Å². The van der Waals surface area contributed by atoms with Crippen LogP contribution in [0.3, 0.4) is 0 Å². The van der Waals surface area contributed by atoms with E-state index < -0.39 is 0 Å². The highest BCUT2D eigenvalue weighted by atomic mass is 16.2. The number of rotatable bonds is 0. The van der Waals surface area contributed by atoms with Crippen LogP contribution in [0.4, 0.5) is 0 Å². The number of nitrogens with zero attached hydrogens (tertiary/aromatic N) is 1. The second kappa shape index (κ2) is 159. The van der Waals surface area contributed by atoms with Crippen LogP contribution in [0, 0.1) is 11.3 Å². The van der Waals surface area contributed by atoms with Crippen molar-refractivity contribution < 1.29 is 15.7 Å². The van der Waals surface area contributed by atoms with Crippen LogP contribution < -0.4 is 0 Å². The van der Waals surface area contributed by atoms with Crippen LogP contribution in [0.15, 0.2) is 0 Å². The molecule has 4 heteroatoms. The molecule has 58 valence electrons. The van der Waals surface area contributed by atoms with Gasteiger partial charge in [-0.25, -0.2) is 0 Å². The van der Waals surface area contributed by atoms with Crippen LogP contribution in [-0.4, -0.2) is 29.4 Å². The molecule has 0 spiro atoms. The van der Waals surface area contributed by atoms with Crippen LogP contribution >= 0.6 is 0 Å². The summed E-state index contributed by atoms with van der Waals surface area (Å²) in [6.07, 6.45) is 0. The minimum Gasteiger partial charge on any atom is -0.412 e. The molecule has 0 saturated heterocycles. The topological polar surface area (TPSA) is 95.8 Å². The van der Waals surface area contributed by atoms with Crippen LogP contribution in [-0.2, 0) is 0 Å². The van der Waals surface area contributed by atoms with E-state index in [0.717, 1.165) is 7.11 Å². The number of hydrogen-bond donors (Lipinski definition) is 2. The molecule has 9 heavy (non-hydrogen) atoms. The normalized spacial score (nSPS) is 3.56. The smallest absolute Gasteiger partial charge is 0.0587 e. The molecule has 0 amide bonds. The third kappa shape index (κ3) is 535. The van der Waals surface area contributed by atoms with E-state index in [1.807, 2.05) is 0 Å². The van der Waals surface area contributed by atoms with Gasteiger partial charge in [0.2, 0.25) is 0 Å². The summed E-state index contributed by atoms with van der Waals surface area (Å²) in [5.74, 6) is 0. The first-order valence-electron chi connectivity index (χ1n) is 2.19. The fourth-order valence-corrected chi connectivity index (χ4v) is 0. The van der Waals surface area contributed by atoms with Gasteiger partial charge in [-0.1, -0.05) is 0 Å². The third-order valence-electron chi connectivity index (χ3n) is 0. The average Bonchev–Trinajstić information content (AvgIpc) is 1.75. The van der Waals surface area contributed by atoms with Crippen molar-refractivity contribution in [2.24, 2.45) is 0 Å². The van der Waals surface area contributed by atoms with Crippen molar-refractivity contribution in [2.75, 3.05) is 13.7 Å². The molecular formula is C5H15NO3. The van der Waals surface area contributed by atoms with Gasteiger partial charge in [0.05, 0.1) is 6.07 Å². The lowest BCUT2D eigenvalue weighted by atomic mass is 10.9. The molecule has 4 N–H and O–H groups in total.